The van der Waals surface area contributed by atoms with E-state index in [1.807, 2.05) is 0 Å². The predicted octanol–water partition coefficient (Wildman–Crippen LogP) is -0.394. The summed E-state index contributed by atoms with van der Waals surface area (Å²) in [5.74, 6) is -0.00627. The van der Waals surface area contributed by atoms with Crippen LogP contribution in [0.15, 0.2) is 0 Å². The largest absolute Gasteiger partial charge is 0.353 e. The van der Waals surface area contributed by atoms with E-state index in [2.05, 4.69) is 5.32 Å². The van der Waals surface area contributed by atoms with Crippen LogP contribution in [0.1, 0.15) is 32.1 Å². The van der Waals surface area contributed by atoms with Crippen LogP contribution >= 0.6 is 0 Å². The van der Waals surface area contributed by atoms with Crippen LogP contribution in [0, 0.1) is 0 Å². The zero-order valence-corrected chi connectivity index (χ0v) is 9.50. The number of hydrogen-bond donors (Lipinski definition) is 2. The molecule has 0 aromatic carbocycles. The van der Waals surface area contributed by atoms with Crippen molar-refractivity contribution in [1.29, 1.82) is 0 Å². The predicted molar refractivity (Wildman–Crippen MR) is 59.6 cm³/mol. The first-order valence-corrected chi connectivity index (χ1v) is 5.92. The highest BCUT2D eigenvalue weighted by atomic mass is 16.2. The molecule has 5 heteroatoms. The zero-order valence-electron chi connectivity index (χ0n) is 9.50. The molecule has 2 rings (SSSR count). The molecular weight excluding hydrogens is 206 g/mol. The van der Waals surface area contributed by atoms with Crippen LogP contribution in [0.2, 0.25) is 0 Å². The number of carbonyl (C=O) groups excluding carboxylic acids is 2. The summed E-state index contributed by atoms with van der Waals surface area (Å²) in [7, 11) is 0. The van der Waals surface area contributed by atoms with Gasteiger partial charge in [0.15, 0.2) is 0 Å². The van der Waals surface area contributed by atoms with Crippen LogP contribution in [0.4, 0.5) is 0 Å². The minimum Gasteiger partial charge on any atom is -0.353 e. The number of nitrogens with two attached hydrogens (primary N) is 1. The van der Waals surface area contributed by atoms with Crippen molar-refractivity contribution in [3.05, 3.63) is 0 Å². The van der Waals surface area contributed by atoms with E-state index >= 15 is 0 Å². The van der Waals surface area contributed by atoms with Gasteiger partial charge in [0.2, 0.25) is 11.8 Å². The van der Waals surface area contributed by atoms with Crippen molar-refractivity contribution in [1.82, 2.24) is 10.2 Å². The maximum atomic E-state index is 11.6. The molecule has 0 radical (unpaired) electrons. The molecule has 0 bridgehead atoms. The highest BCUT2D eigenvalue weighted by molar-refractivity contribution is 5.85. The molecule has 0 aromatic rings. The monoisotopic (exact) mass is 225 g/mol. The molecular formula is C11H19N3O2. The lowest BCUT2D eigenvalue weighted by Gasteiger charge is -2.38. The Balaban J connectivity index is 1.70. The van der Waals surface area contributed by atoms with Crippen molar-refractivity contribution in [3.8, 4) is 0 Å². The summed E-state index contributed by atoms with van der Waals surface area (Å²) in [4.78, 5) is 24.5. The minimum atomic E-state index is -0.190. The Morgan fingerprint density at radius 2 is 2.19 bits per heavy atom. The maximum Gasteiger partial charge on any atom is 0.239 e. The fraction of sp³-hybridized carbons (Fsp3) is 0.818. The Morgan fingerprint density at radius 3 is 2.69 bits per heavy atom. The number of carbonyl (C=O) groups is 2. The highest BCUT2D eigenvalue weighted by Gasteiger charge is 2.33. The number of rotatable bonds is 4. The van der Waals surface area contributed by atoms with Gasteiger partial charge >= 0.3 is 0 Å². The van der Waals surface area contributed by atoms with E-state index < -0.39 is 0 Å². The van der Waals surface area contributed by atoms with Crippen LogP contribution in [0.25, 0.3) is 0 Å². The molecule has 2 aliphatic rings. The Morgan fingerprint density at radius 1 is 1.44 bits per heavy atom. The van der Waals surface area contributed by atoms with Gasteiger partial charge in [0.1, 0.15) is 0 Å². The Bertz CT molecular complexity index is 300. The topological polar surface area (TPSA) is 75.4 Å². The molecule has 2 fully saturated rings. The normalized spacial score (nSPS) is 23.1. The molecule has 1 aliphatic heterocycles. The van der Waals surface area contributed by atoms with Crippen molar-refractivity contribution >= 4 is 11.8 Å². The molecule has 1 aliphatic carbocycles. The van der Waals surface area contributed by atoms with Gasteiger partial charge in [-0.25, -0.2) is 0 Å². The second-order valence-electron chi connectivity index (χ2n) is 4.91. The number of amides is 2. The first-order valence-electron chi connectivity index (χ1n) is 5.92. The van der Waals surface area contributed by atoms with E-state index in [9.17, 15) is 9.59 Å². The smallest absolute Gasteiger partial charge is 0.239 e. The van der Waals surface area contributed by atoms with E-state index in [0.29, 0.717) is 19.5 Å². The van der Waals surface area contributed by atoms with Gasteiger partial charge in [-0.1, -0.05) is 0 Å². The molecule has 2 amide bonds. The maximum absolute atomic E-state index is 11.6. The quantitative estimate of drug-likeness (QED) is 0.684. The van der Waals surface area contributed by atoms with Crippen LogP contribution < -0.4 is 11.1 Å². The van der Waals surface area contributed by atoms with E-state index in [1.54, 1.807) is 4.90 Å². The molecule has 0 spiro atoms. The molecule has 5 nitrogen and oxygen atoms in total. The van der Waals surface area contributed by atoms with E-state index in [-0.39, 0.29) is 23.9 Å². The zero-order chi connectivity index (χ0) is 11.6. The van der Waals surface area contributed by atoms with Gasteiger partial charge in [-0.3, -0.25) is 9.59 Å². The fourth-order valence-electron chi connectivity index (χ4n) is 2.18. The van der Waals surface area contributed by atoms with Crippen LogP contribution in [0.5, 0.6) is 0 Å². The van der Waals surface area contributed by atoms with E-state index in [1.165, 1.54) is 0 Å². The summed E-state index contributed by atoms with van der Waals surface area (Å²) in [6, 6.07) is 0. The first kappa shape index (κ1) is 11.4. The van der Waals surface area contributed by atoms with E-state index in [0.717, 1.165) is 25.7 Å². The lowest BCUT2D eigenvalue weighted by atomic mass is 9.78. The second-order valence-corrected chi connectivity index (χ2v) is 4.91. The van der Waals surface area contributed by atoms with Gasteiger partial charge in [0.05, 0.1) is 6.54 Å². The molecule has 1 saturated heterocycles. The summed E-state index contributed by atoms with van der Waals surface area (Å²) in [6.45, 7) is 1.43. The third-order valence-corrected chi connectivity index (χ3v) is 3.49. The fourth-order valence-corrected chi connectivity index (χ4v) is 2.18. The van der Waals surface area contributed by atoms with Gasteiger partial charge in [-0.15, -0.1) is 0 Å². The SMILES string of the molecule is NC1(CNC(=O)CN2CCCC2=O)CCC1. The third kappa shape index (κ3) is 2.52. The van der Waals surface area contributed by atoms with Gasteiger partial charge in [-0.05, 0) is 25.7 Å². The summed E-state index contributed by atoms with van der Waals surface area (Å²) in [6.07, 6.45) is 4.56. The van der Waals surface area contributed by atoms with Crippen molar-refractivity contribution in [2.45, 2.75) is 37.6 Å². The average Bonchev–Trinajstić information content (AvgIpc) is 2.59. The third-order valence-electron chi connectivity index (χ3n) is 3.49. The molecule has 1 saturated carbocycles. The van der Waals surface area contributed by atoms with E-state index in [4.69, 9.17) is 5.73 Å². The van der Waals surface area contributed by atoms with Crippen LogP contribution in [-0.4, -0.2) is 41.9 Å². The highest BCUT2D eigenvalue weighted by Crippen LogP contribution is 2.27. The molecule has 0 unspecified atom stereocenters. The number of nitrogens with zero attached hydrogens (tertiary/aromatic N) is 1. The number of likely N-dealkylation sites (tertiary alicyclic amines) is 1. The average molecular weight is 225 g/mol. The Kier molecular flexibility index (Phi) is 3.14. The van der Waals surface area contributed by atoms with Crippen molar-refractivity contribution in [2.24, 2.45) is 5.73 Å². The summed E-state index contributed by atoms with van der Waals surface area (Å²) >= 11 is 0. The van der Waals surface area contributed by atoms with Gasteiger partial charge in [0, 0.05) is 25.0 Å². The summed E-state index contributed by atoms with van der Waals surface area (Å²) in [5.41, 5.74) is 5.80. The lowest BCUT2D eigenvalue weighted by Crippen LogP contribution is -2.55. The standard InChI is InChI=1S/C11H19N3O2/c12-11(4-2-5-11)8-13-9(15)7-14-6-1-3-10(14)16/h1-8,12H2,(H,13,15). The van der Waals surface area contributed by atoms with Gasteiger partial charge in [-0.2, -0.15) is 0 Å². The first-order chi connectivity index (χ1) is 7.59. The second kappa shape index (κ2) is 4.41. The van der Waals surface area contributed by atoms with Crippen molar-refractivity contribution < 1.29 is 9.59 Å². The molecule has 0 aromatic heterocycles. The summed E-state index contributed by atoms with van der Waals surface area (Å²) in [5, 5.41) is 2.81. The number of nitrogens with one attached hydrogen (secondary N) is 1. The Hall–Kier alpha value is -1.10. The van der Waals surface area contributed by atoms with Crippen LogP contribution in [0.3, 0.4) is 0 Å². The van der Waals surface area contributed by atoms with Crippen molar-refractivity contribution in [2.75, 3.05) is 19.6 Å². The minimum absolute atomic E-state index is 0.0845. The lowest BCUT2D eigenvalue weighted by molar-refractivity contribution is -0.133. The van der Waals surface area contributed by atoms with Crippen LogP contribution in [-0.2, 0) is 9.59 Å². The summed E-state index contributed by atoms with van der Waals surface area (Å²) < 4.78 is 0. The Labute approximate surface area is 95.3 Å². The van der Waals surface area contributed by atoms with Crippen molar-refractivity contribution in [3.63, 3.8) is 0 Å². The molecule has 16 heavy (non-hydrogen) atoms. The molecule has 90 valence electrons. The molecule has 0 atom stereocenters. The van der Waals surface area contributed by atoms with Gasteiger partial charge < -0.3 is 16.0 Å². The number of hydrogen-bond acceptors (Lipinski definition) is 3. The molecule has 3 N–H and O–H groups in total. The van der Waals surface area contributed by atoms with Gasteiger partial charge in [0.25, 0.3) is 0 Å². The molecule has 1 heterocycles.